The number of rotatable bonds is 6. The zero-order valence-corrected chi connectivity index (χ0v) is 10.7. The Kier molecular flexibility index (Phi) is 4.56. The van der Waals surface area contributed by atoms with E-state index in [1.165, 1.54) is 0 Å². The summed E-state index contributed by atoms with van der Waals surface area (Å²) in [6.45, 7) is 4.53. The number of hydrogen-bond acceptors (Lipinski definition) is 3. The van der Waals surface area contributed by atoms with Crippen molar-refractivity contribution in [1.29, 1.82) is 0 Å². The van der Waals surface area contributed by atoms with Crippen molar-refractivity contribution in [2.45, 2.75) is 32.1 Å². The highest BCUT2D eigenvalue weighted by Crippen LogP contribution is 2.06. The Balaban J connectivity index is 2.64. The molecule has 0 unspecified atom stereocenters. The van der Waals surface area contributed by atoms with Gasteiger partial charge in [-0.25, -0.2) is 8.42 Å². The summed E-state index contributed by atoms with van der Waals surface area (Å²) in [5, 5.41) is -0.305. The van der Waals surface area contributed by atoms with Crippen LogP contribution >= 0.6 is 0 Å². The largest absolute Gasteiger partial charge is 0.350 e. The highest BCUT2D eigenvalue weighted by Gasteiger charge is 2.16. The van der Waals surface area contributed by atoms with Gasteiger partial charge in [0.2, 0.25) is 0 Å². The standard InChI is InChI=1S/C11H20N2O2S/c1-10(2)16(14,15)9-8-13-7-3-4-11(13)5-6-12/h3-4,7,10H,5-6,8-9,12H2,1-2H3. The third-order valence-corrected chi connectivity index (χ3v) is 4.85. The third-order valence-electron chi connectivity index (χ3n) is 2.66. The SMILES string of the molecule is CC(C)S(=O)(=O)CCn1cccc1CCN. The molecule has 0 fully saturated rings. The van der Waals surface area contributed by atoms with Crippen LogP contribution in [-0.2, 0) is 22.8 Å². The van der Waals surface area contributed by atoms with E-state index >= 15 is 0 Å². The van der Waals surface area contributed by atoms with Crippen LogP contribution in [-0.4, -0.2) is 30.5 Å². The number of aromatic nitrogens is 1. The minimum atomic E-state index is -2.96. The Bertz CT molecular complexity index is 421. The second-order valence-corrected chi connectivity index (χ2v) is 6.82. The van der Waals surface area contributed by atoms with Gasteiger partial charge >= 0.3 is 0 Å². The lowest BCUT2D eigenvalue weighted by Crippen LogP contribution is -2.21. The maximum atomic E-state index is 11.7. The molecular formula is C11H20N2O2S. The molecule has 1 heterocycles. The van der Waals surface area contributed by atoms with Gasteiger partial charge in [-0.2, -0.15) is 0 Å². The van der Waals surface area contributed by atoms with E-state index in [9.17, 15) is 8.42 Å². The Morgan fingerprint density at radius 3 is 2.69 bits per heavy atom. The first kappa shape index (κ1) is 13.3. The molecule has 0 amide bonds. The van der Waals surface area contributed by atoms with Crippen molar-refractivity contribution in [2.75, 3.05) is 12.3 Å². The van der Waals surface area contributed by atoms with Crippen molar-refractivity contribution < 1.29 is 8.42 Å². The molecule has 0 saturated heterocycles. The summed E-state index contributed by atoms with van der Waals surface area (Å²) in [6, 6.07) is 3.90. The highest BCUT2D eigenvalue weighted by atomic mass is 32.2. The molecule has 0 spiro atoms. The summed E-state index contributed by atoms with van der Waals surface area (Å²) in [5.74, 6) is 0.191. The smallest absolute Gasteiger partial charge is 0.154 e. The molecule has 4 nitrogen and oxygen atoms in total. The van der Waals surface area contributed by atoms with Gasteiger partial charge in [-0.3, -0.25) is 0 Å². The average Bonchev–Trinajstić information content (AvgIpc) is 2.63. The Morgan fingerprint density at radius 1 is 1.44 bits per heavy atom. The van der Waals surface area contributed by atoms with Crippen molar-refractivity contribution in [3.05, 3.63) is 24.0 Å². The highest BCUT2D eigenvalue weighted by molar-refractivity contribution is 7.91. The van der Waals surface area contributed by atoms with Gasteiger partial charge < -0.3 is 10.3 Å². The minimum Gasteiger partial charge on any atom is -0.350 e. The van der Waals surface area contributed by atoms with E-state index in [-0.39, 0.29) is 11.0 Å². The topological polar surface area (TPSA) is 65.1 Å². The number of aryl methyl sites for hydroxylation is 1. The van der Waals surface area contributed by atoms with Gasteiger partial charge in [-0.15, -0.1) is 0 Å². The molecule has 16 heavy (non-hydrogen) atoms. The van der Waals surface area contributed by atoms with E-state index in [2.05, 4.69) is 0 Å². The molecule has 0 aliphatic carbocycles. The fraction of sp³-hybridized carbons (Fsp3) is 0.636. The van der Waals surface area contributed by atoms with Gasteiger partial charge in [0.05, 0.1) is 11.0 Å². The molecule has 1 rings (SSSR count). The van der Waals surface area contributed by atoms with Crippen LogP contribution in [0.1, 0.15) is 19.5 Å². The zero-order chi connectivity index (χ0) is 12.2. The van der Waals surface area contributed by atoms with Crippen molar-refractivity contribution in [1.82, 2.24) is 4.57 Å². The van der Waals surface area contributed by atoms with Crippen LogP contribution < -0.4 is 5.73 Å². The summed E-state index contributed by atoms with van der Waals surface area (Å²) < 4.78 is 25.3. The van der Waals surface area contributed by atoms with Crippen molar-refractivity contribution in [2.24, 2.45) is 5.73 Å². The van der Waals surface area contributed by atoms with Crippen LogP contribution in [0.4, 0.5) is 0 Å². The Hall–Kier alpha value is -0.810. The first-order chi connectivity index (χ1) is 7.47. The summed E-state index contributed by atoms with van der Waals surface area (Å²) in [6.07, 6.45) is 2.69. The molecule has 0 aliphatic rings. The molecule has 1 aromatic heterocycles. The summed E-state index contributed by atoms with van der Waals surface area (Å²) in [4.78, 5) is 0. The summed E-state index contributed by atoms with van der Waals surface area (Å²) in [5.41, 5.74) is 6.59. The van der Waals surface area contributed by atoms with Crippen molar-refractivity contribution >= 4 is 9.84 Å². The van der Waals surface area contributed by atoms with Gasteiger partial charge in [0.25, 0.3) is 0 Å². The van der Waals surface area contributed by atoms with E-state index in [0.29, 0.717) is 13.1 Å². The molecule has 0 saturated carbocycles. The van der Waals surface area contributed by atoms with Crippen molar-refractivity contribution in [3.8, 4) is 0 Å². The lowest BCUT2D eigenvalue weighted by atomic mass is 10.3. The maximum absolute atomic E-state index is 11.7. The number of hydrogen-bond donors (Lipinski definition) is 1. The van der Waals surface area contributed by atoms with E-state index in [1.54, 1.807) is 13.8 Å². The molecule has 0 aromatic carbocycles. The molecular weight excluding hydrogens is 224 g/mol. The predicted octanol–water partition coefficient (Wildman–Crippen LogP) is 0.812. The molecule has 2 N–H and O–H groups in total. The number of nitrogens with two attached hydrogens (primary N) is 1. The first-order valence-electron chi connectivity index (χ1n) is 5.53. The Labute approximate surface area is 97.4 Å². The summed E-state index contributed by atoms with van der Waals surface area (Å²) in [7, 11) is -2.96. The fourth-order valence-electron chi connectivity index (χ4n) is 1.50. The maximum Gasteiger partial charge on any atom is 0.154 e. The van der Waals surface area contributed by atoms with Gasteiger partial charge in [-0.1, -0.05) is 0 Å². The summed E-state index contributed by atoms with van der Waals surface area (Å²) >= 11 is 0. The monoisotopic (exact) mass is 244 g/mol. The number of sulfone groups is 1. The molecule has 0 radical (unpaired) electrons. The fourth-order valence-corrected chi connectivity index (χ4v) is 2.43. The quantitative estimate of drug-likeness (QED) is 0.805. The third kappa shape index (κ3) is 3.35. The second-order valence-electron chi connectivity index (χ2n) is 4.15. The Morgan fingerprint density at radius 2 is 2.12 bits per heavy atom. The van der Waals surface area contributed by atoms with Gasteiger partial charge in [0.15, 0.2) is 9.84 Å². The number of nitrogens with zero attached hydrogens (tertiary/aromatic N) is 1. The molecule has 0 atom stereocenters. The first-order valence-corrected chi connectivity index (χ1v) is 7.24. The van der Waals surface area contributed by atoms with Gasteiger partial charge in [0.1, 0.15) is 0 Å². The molecule has 1 aromatic rings. The lowest BCUT2D eigenvalue weighted by molar-refractivity contribution is 0.578. The van der Waals surface area contributed by atoms with E-state index in [0.717, 1.165) is 12.1 Å². The van der Waals surface area contributed by atoms with Crippen LogP contribution in [0.25, 0.3) is 0 Å². The molecule has 0 bridgehead atoms. The van der Waals surface area contributed by atoms with E-state index < -0.39 is 9.84 Å². The normalized spacial score (nSPS) is 12.2. The van der Waals surface area contributed by atoms with E-state index in [1.807, 2.05) is 22.9 Å². The van der Waals surface area contributed by atoms with Crippen LogP contribution in [0.2, 0.25) is 0 Å². The average molecular weight is 244 g/mol. The van der Waals surface area contributed by atoms with Crippen LogP contribution in [0.3, 0.4) is 0 Å². The van der Waals surface area contributed by atoms with Crippen LogP contribution in [0, 0.1) is 0 Å². The lowest BCUT2D eigenvalue weighted by Gasteiger charge is -2.11. The zero-order valence-electron chi connectivity index (χ0n) is 9.89. The molecule has 0 aliphatic heterocycles. The van der Waals surface area contributed by atoms with Crippen LogP contribution in [0.5, 0.6) is 0 Å². The van der Waals surface area contributed by atoms with Crippen LogP contribution in [0.15, 0.2) is 18.3 Å². The van der Waals surface area contributed by atoms with E-state index in [4.69, 9.17) is 5.73 Å². The van der Waals surface area contributed by atoms with Gasteiger partial charge in [-0.05, 0) is 38.9 Å². The minimum absolute atomic E-state index is 0.191. The predicted molar refractivity (Wildman–Crippen MR) is 66.1 cm³/mol. The molecule has 5 heteroatoms. The van der Waals surface area contributed by atoms with Crippen molar-refractivity contribution in [3.63, 3.8) is 0 Å². The molecule has 92 valence electrons. The second kappa shape index (κ2) is 5.50. The van der Waals surface area contributed by atoms with Gasteiger partial charge in [0, 0.05) is 18.4 Å².